The number of carbonyl (C=O) groups excluding carboxylic acids is 1. The Morgan fingerprint density at radius 1 is 1.57 bits per heavy atom. The quantitative estimate of drug-likeness (QED) is 0.567. The third-order valence-corrected chi connectivity index (χ3v) is 2.63. The molecule has 0 amide bonds. The number of aliphatic hydroxyl groups is 1. The minimum absolute atomic E-state index is 0.0963. The number of aliphatic hydroxyl groups excluding tert-OH is 1. The van der Waals surface area contributed by atoms with Gasteiger partial charge in [-0.25, -0.2) is 0 Å². The highest BCUT2D eigenvalue weighted by Crippen LogP contribution is 2.07. The van der Waals surface area contributed by atoms with Gasteiger partial charge in [0.15, 0.2) is 0 Å². The molecule has 1 N–H and O–H groups in total. The van der Waals surface area contributed by atoms with Crippen LogP contribution in [0, 0.1) is 0 Å². The van der Waals surface area contributed by atoms with Crippen LogP contribution in [0.4, 0.5) is 0 Å². The number of carbonyl (C=O) groups is 1. The number of halogens is 1. The van der Waals surface area contributed by atoms with Gasteiger partial charge in [0.05, 0.1) is 13.7 Å². The van der Waals surface area contributed by atoms with Crippen molar-refractivity contribution in [3.05, 3.63) is 0 Å². The summed E-state index contributed by atoms with van der Waals surface area (Å²) in [6.07, 6.45) is 0. The predicted molar refractivity (Wildman–Crippen MR) is 58.5 cm³/mol. The van der Waals surface area contributed by atoms with Crippen LogP contribution in [0.1, 0.15) is 13.8 Å². The number of ether oxygens (including phenoxy) is 1. The zero-order valence-electron chi connectivity index (χ0n) is 8.86. The largest absolute Gasteiger partial charge is 0.468 e. The number of esters is 1. The molecular formula is C9H18BrNO3. The van der Waals surface area contributed by atoms with Gasteiger partial charge in [-0.3, -0.25) is 9.69 Å². The maximum absolute atomic E-state index is 11.1. The van der Waals surface area contributed by atoms with E-state index in [9.17, 15) is 4.79 Å². The van der Waals surface area contributed by atoms with Gasteiger partial charge in [-0.1, -0.05) is 15.9 Å². The predicted octanol–water partition coefficient (Wildman–Crippen LogP) is 0.626. The third-order valence-electron chi connectivity index (χ3n) is 1.97. The summed E-state index contributed by atoms with van der Waals surface area (Å²) in [5.41, 5.74) is 0. The molecule has 84 valence electrons. The molecule has 0 rings (SSSR count). The van der Waals surface area contributed by atoms with Crippen LogP contribution in [0.5, 0.6) is 0 Å². The van der Waals surface area contributed by atoms with E-state index in [-0.39, 0.29) is 17.4 Å². The zero-order chi connectivity index (χ0) is 11.1. The van der Waals surface area contributed by atoms with Gasteiger partial charge < -0.3 is 9.84 Å². The Morgan fingerprint density at radius 2 is 2.14 bits per heavy atom. The lowest BCUT2D eigenvalue weighted by atomic mass is 10.3. The van der Waals surface area contributed by atoms with E-state index in [0.29, 0.717) is 19.1 Å². The number of methoxy groups -OCH3 is 1. The Labute approximate surface area is 93.4 Å². The van der Waals surface area contributed by atoms with Gasteiger partial charge in [0.1, 0.15) is 4.83 Å². The van der Waals surface area contributed by atoms with E-state index in [0.717, 1.165) is 0 Å². The van der Waals surface area contributed by atoms with Crippen molar-refractivity contribution in [2.24, 2.45) is 0 Å². The summed E-state index contributed by atoms with van der Waals surface area (Å²) in [5.74, 6) is -0.284. The molecule has 1 atom stereocenters. The molecule has 0 aromatic carbocycles. The highest BCUT2D eigenvalue weighted by molar-refractivity contribution is 9.10. The number of nitrogens with zero attached hydrogens (tertiary/aromatic N) is 1. The summed E-state index contributed by atoms with van der Waals surface area (Å²) >= 11 is 3.24. The lowest BCUT2D eigenvalue weighted by Crippen LogP contribution is -2.40. The van der Waals surface area contributed by atoms with Gasteiger partial charge in [0, 0.05) is 19.1 Å². The van der Waals surface area contributed by atoms with Crippen molar-refractivity contribution < 1.29 is 14.6 Å². The number of hydrogen-bond donors (Lipinski definition) is 1. The van der Waals surface area contributed by atoms with Crippen molar-refractivity contribution in [2.45, 2.75) is 24.7 Å². The molecule has 0 aliphatic carbocycles. The van der Waals surface area contributed by atoms with E-state index in [2.05, 4.69) is 20.7 Å². The lowest BCUT2D eigenvalue weighted by Gasteiger charge is -2.26. The number of rotatable bonds is 6. The Balaban J connectivity index is 4.08. The maximum atomic E-state index is 11.1. The Kier molecular flexibility index (Phi) is 7.13. The van der Waals surface area contributed by atoms with Gasteiger partial charge in [-0.2, -0.15) is 0 Å². The maximum Gasteiger partial charge on any atom is 0.320 e. The molecule has 5 heteroatoms. The summed E-state index contributed by atoms with van der Waals surface area (Å²) in [4.78, 5) is 12.8. The molecular weight excluding hydrogens is 250 g/mol. The van der Waals surface area contributed by atoms with E-state index >= 15 is 0 Å². The summed E-state index contributed by atoms with van der Waals surface area (Å²) in [6, 6.07) is 0.298. The van der Waals surface area contributed by atoms with Gasteiger partial charge >= 0.3 is 5.97 Å². The van der Waals surface area contributed by atoms with Crippen molar-refractivity contribution in [2.75, 3.05) is 26.8 Å². The van der Waals surface area contributed by atoms with Crippen LogP contribution in [-0.4, -0.2) is 53.7 Å². The second kappa shape index (κ2) is 7.20. The van der Waals surface area contributed by atoms with Crippen molar-refractivity contribution in [3.8, 4) is 0 Å². The first-order valence-corrected chi connectivity index (χ1v) is 5.51. The molecule has 0 bridgehead atoms. The summed E-state index contributed by atoms with van der Waals surface area (Å²) in [6.45, 7) is 5.25. The minimum Gasteiger partial charge on any atom is -0.468 e. The molecule has 0 aliphatic heterocycles. The minimum atomic E-state index is -0.332. The molecule has 0 heterocycles. The van der Waals surface area contributed by atoms with Crippen LogP contribution in [0.2, 0.25) is 0 Å². The monoisotopic (exact) mass is 267 g/mol. The Bertz CT molecular complexity index is 175. The van der Waals surface area contributed by atoms with E-state index < -0.39 is 0 Å². The van der Waals surface area contributed by atoms with Gasteiger partial charge in [-0.15, -0.1) is 0 Å². The van der Waals surface area contributed by atoms with Crippen LogP contribution in [0.3, 0.4) is 0 Å². The molecule has 0 aliphatic rings. The fourth-order valence-electron chi connectivity index (χ4n) is 1.10. The van der Waals surface area contributed by atoms with Crippen molar-refractivity contribution >= 4 is 21.9 Å². The average molecular weight is 268 g/mol. The first kappa shape index (κ1) is 13.9. The van der Waals surface area contributed by atoms with Crippen LogP contribution in [-0.2, 0) is 9.53 Å². The smallest absolute Gasteiger partial charge is 0.320 e. The average Bonchev–Trinajstić information content (AvgIpc) is 2.15. The molecule has 4 nitrogen and oxygen atoms in total. The molecule has 0 fully saturated rings. The highest BCUT2D eigenvalue weighted by atomic mass is 79.9. The molecule has 14 heavy (non-hydrogen) atoms. The second-order valence-corrected chi connectivity index (χ2v) is 4.41. The van der Waals surface area contributed by atoms with E-state index in [1.165, 1.54) is 7.11 Å². The standard InChI is InChI=1S/C9H18BrNO3/c1-7(2)11(4-5-12)6-8(10)9(13)14-3/h7-8,12H,4-6H2,1-3H3. The fraction of sp³-hybridized carbons (Fsp3) is 0.889. The van der Waals surface area contributed by atoms with Crippen molar-refractivity contribution in [1.29, 1.82) is 0 Å². The fourth-order valence-corrected chi connectivity index (χ4v) is 1.66. The van der Waals surface area contributed by atoms with Crippen LogP contribution < -0.4 is 0 Å². The second-order valence-electron chi connectivity index (χ2n) is 3.30. The first-order chi connectivity index (χ1) is 6.52. The summed E-state index contributed by atoms with van der Waals surface area (Å²) in [5, 5.41) is 8.82. The molecule has 0 spiro atoms. The molecule has 0 saturated carbocycles. The topological polar surface area (TPSA) is 49.8 Å². The van der Waals surface area contributed by atoms with Gasteiger partial charge in [0.2, 0.25) is 0 Å². The highest BCUT2D eigenvalue weighted by Gasteiger charge is 2.20. The van der Waals surface area contributed by atoms with E-state index in [1.54, 1.807) is 0 Å². The van der Waals surface area contributed by atoms with Gasteiger partial charge in [0.25, 0.3) is 0 Å². The third kappa shape index (κ3) is 4.93. The summed E-state index contributed by atoms with van der Waals surface area (Å²) < 4.78 is 4.60. The van der Waals surface area contributed by atoms with E-state index in [4.69, 9.17) is 5.11 Å². The van der Waals surface area contributed by atoms with Gasteiger partial charge in [-0.05, 0) is 13.8 Å². The van der Waals surface area contributed by atoms with Crippen LogP contribution in [0.15, 0.2) is 0 Å². The van der Waals surface area contributed by atoms with Crippen LogP contribution >= 0.6 is 15.9 Å². The SMILES string of the molecule is COC(=O)C(Br)CN(CCO)C(C)C. The lowest BCUT2D eigenvalue weighted by molar-refractivity contribution is -0.140. The van der Waals surface area contributed by atoms with E-state index in [1.807, 2.05) is 18.7 Å². The summed E-state index contributed by atoms with van der Waals surface area (Å²) in [7, 11) is 1.36. The number of alkyl halides is 1. The Morgan fingerprint density at radius 3 is 2.50 bits per heavy atom. The molecule has 0 aromatic heterocycles. The number of hydrogen-bond acceptors (Lipinski definition) is 4. The van der Waals surface area contributed by atoms with Crippen molar-refractivity contribution in [1.82, 2.24) is 4.90 Å². The van der Waals surface area contributed by atoms with Crippen LogP contribution in [0.25, 0.3) is 0 Å². The van der Waals surface area contributed by atoms with Crippen molar-refractivity contribution in [3.63, 3.8) is 0 Å². The first-order valence-electron chi connectivity index (χ1n) is 4.59. The normalized spacial score (nSPS) is 13.4. The molecule has 0 aromatic rings. The molecule has 0 radical (unpaired) electrons. The molecule has 1 unspecified atom stereocenters. The Hall–Kier alpha value is -0.130. The molecule has 0 saturated heterocycles. The zero-order valence-corrected chi connectivity index (χ0v) is 10.5.